The zero-order chi connectivity index (χ0) is 22.1. The van der Waals surface area contributed by atoms with Crippen LogP contribution in [0.2, 0.25) is 0 Å². The van der Waals surface area contributed by atoms with Gasteiger partial charge in [0.05, 0.1) is 9.79 Å². The van der Waals surface area contributed by atoms with Crippen LogP contribution in [0.25, 0.3) is 0 Å². The molecule has 1 aliphatic rings. The van der Waals surface area contributed by atoms with Gasteiger partial charge in [-0.05, 0) is 84.7 Å². The van der Waals surface area contributed by atoms with Gasteiger partial charge in [0.15, 0.2) is 9.84 Å². The van der Waals surface area contributed by atoms with Crippen molar-refractivity contribution in [2.24, 2.45) is 0 Å². The van der Waals surface area contributed by atoms with E-state index in [1.54, 1.807) is 29.6 Å². The zero-order valence-corrected chi connectivity index (χ0v) is 19.1. The van der Waals surface area contributed by atoms with Gasteiger partial charge in [0.2, 0.25) is 10.0 Å². The SMILES string of the molecule is O=S(=O)(NCC(c1cccs1)S(=O)(=O)c1ccc(F)cc1)c1ccc2c(c1)CCCC2. The number of thiophene rings is 1. The molecule has 1 heterocycles. The second-order valence-electron chi connectivity index (χ2n) is 7.49. The standard InChI is InChI=1S/C22H22FNO4S3/c23-18-8-11-19(12-9-18)30(25,26)22(21-6-3-13-29-21)15-24-31(27,28)20-10-7-16-4-1-2-5-17(16)14-20/h3,6-14,22,24H,1-2,4-5,15H2. The van der Waals surface area contributed by atoms with Crippen molar-refractivity contribution in [2.45, 2.75) is 40.7 Å². The van der Waals surface area contributed by atoms with Crippen LogP contribution in [0, 0.1) is 5.82 Å². The molecule has 1 unspecified atom stereocenters. The Labute approximate surface area is 185 Å². The summed E-state index contributed by atoms with van der Waals surface area (Å²) in [5.74, 6) is -0.542. The van der Waals surface area contributed by atoms with Gasteiger partial charge < -0.3 is 0 Å². The Balaban J connectivity index is 1.62. The molecule has 2 aromatic carbocycles. The van der Waals surface area contributed by atoms with Crippen molar-refractivity contribution in [3.05, 3.63) is 81.8 Å². The maximum absolute atomic E-state index is 13.3. The number of sulfone groups is 1. The van der Waals surface area contributed by atoms with E-state index in [0.717, 1.165) is 43.4 Å². The molecule has 1 N–H and O–H groups in total. The lowest BCUT2D eigenvalue weighted by Gasteiger charge is -2.19. The zero-order valence-electron chi connectivity index (χ0n) is 16.6. The number of benzene rings is 2. The van der Waals surface area contributed by atoms with Crippen molar-refractivity contribution in [3.63, 3.8) is 0 Å². The maximum atomic E-state index is 13.3. The molecule has 9 heteroatoms. The van der Waals surface area contributed by atoms with Crippen molar-refractivity contribution in [3.8, 4) is 0 Å². The maximum Gasteiger partial charge on any atom is 0.240 e. The summed E-state index contributed by atoms with van der Waals surface area (Å²) in [7, 11) is -7.84. The number of nitrogens with one attached hydrogen (secondary N) is 1. The highest BCUT2D eigenvalue weighted by Crippen LogP contribution is 2.32. The molecular weight excluding hydrogens is 457 g/mol. The molecule has 31 heavy (non-hydrogen) atoms. The Morgan fingerprint density at radius 2 is 1.58 bits per heavy atom. The fourth-order valence-electron chi connectivity index (χ4n) is 3.77. The topological polar surface area (TPSA) is 80.3 Å². The molecule has 1 atom stereocenters. The molecule has 164 valence electrons. The number of hydrogen-bond acceptors (Lipinski definition) is 5. The van der Waals surface area contributed by atoms with E-state index in [0.29, 0.717) is 4.88 Å². The van der Waals surface area contributed by atoms with Crippen molar-refractivity contribution >= 4 is 31.2 Å². The van der Waals surface area contributed by atoms with E-state index in [9.17, 15) is 21.2 Å². The Morgan fingerprint density at radius 3 is 2.26 bits per heavy atom. The molecular formula is C22H22FNO4S3. The van der Waals surface area contributed by atoms with Crippen LogP contribution >= 0.6 is 11.3 Å². The van der Waals surface area contributed by atoms with Crippen LogP contribution in [-0.4, -0.2) is 23.4 Å². The molecule has 0 saturated carbocycles. The van der Waals surface area contributed by atoms with Crippen LogP contribution in [0.5, 0.6) is 0 Å². The van der Waals surface area contributed by atoms with Crippen LogP contribution in [0.3, 0.4) is 0 Å². The molecule has 0 fully saturated rings. The van der Waals surface area contributed by atoms with E-state index in [4.69, 9.17) is 0 Å². The van der Waals surface area contributed by atoms with Gasteiger partial charge in [-0.25, -0.2) is 25.9 Å². The summed E-state index contributed by atoms with van der Waals surface area (Å²) >= 11 is 1.23. The summed E-state index contributed by atoms with van der Waals surface area (Å²) in [5.41, 5.74) is 2.20. The van der Waals surface area contributed by atoms with E-state index in [2.05, 4.69) is 4.72 Å². The van der Waals surface area contributed by atoms with E-state index in [1.165, 1.54) is 29.0 Å². The highest BCUT2D eigenvalue weighted by molar-refractivity contribution is 7.92. The molecule has 0 bridgehead atoms. The predicted octanol–water partition coefficient (Wildman–Crippen LogP) is 4.26. The van der Waals surface area contributed by atoms with Gasteiger partial charge in [-0.3, -0.25) is 0 Å². The van der Waals surface area contributed by atoms with Crippen LogP contribution in [0.1, 0.15) is 34.1 Å². The van der Waals surface area contributed by atoms with Gasteiger partial charge in [0, 0.05) is 11.4 Å². The summed E-state index contributed by atoms with van der Waals surface area (Å²) in [6, 6.07) is 13.0. The van der Waals surface area contributed by atoms with Crippen molar-refractivity contribution in [2.75, 3.05) is 6.54 Å². The summed E-state index contributed by atoms with van der Waals surface area (Å²) in [4.78, 5) is 0.593. The minimum absolute atomic E-state index is 0.0553. The lowest BCUT2D eigenvalue weighted by molar-refractivity contribution is 0.569. The number of rotatable bonds is 7. The molecule has 1 aromatic heterocycles. The molecule has 1 aliphatic carbocycles. The normalized spacial score (nSPS) is 15.4. The summed E-state index contributed by atoms with van der Waals surface area (Å²) < 4.78 is 68.1. The van der Waals surface area contributed by atoms with Gasteiger partial charge in [-0.15, -0.1) is 11.3 Å². The van der Waals surface area contributed by atoms with Crippen molar-refractivity contribution in [1.29, 1.82) is 0 Å². The van der Waals surface area contributed by atoms with Crippen LogP contribution in [0.15, 0.2) is 69.8 Å². The number of aryl methyl sites for hydroxylation is 2. The second-order valence-corrected chi connectivity index (χ2v) is 12.4. The van der Waals surface area contributed by atoms with E-state index < -0.39 is 30.9 Å². The molecule has 5 nitrogen and oxygen atoms in total. The van der Waals surface area contributed by atoms with E-state index in [1.807, 2.05) is 6.07 Å². The third-order valence-corrected chi connectivity index (χ3v) is 10.1. The van der Waals surface area contributed by atoms with E-state index in [-0.39, 0.29) is 16.3 Å². The Kier molecular flexibility index (Phi) is 6.30. The van der Waals surface area contributed by atoms with Gasteiger partial charge in [0.1, 0.15) is 11.1 Å². The number of hydrogen-bond donors (Lipinski definition) is 1. The minimum atomic E-state index is -3.94. The van der Waals surface area contributed by atoms with Crippen LogP contribution in [-0.2, 0) is 32.7 Å². The summed E-state index contributed by atoms with van der Waals surface area (Å²) in [6.07, 6.45) is 3.91. The van der Waals surface area contributed by atoms with Crippen molar-refractivity contribution < 1.29 is 21.2 Å². The van der Waals surface area contributed by atoms with Gasteiger partial charge in [-0.1, -0.05) is 12.1 Å². The molecule has 0 radical (unpaired) electrons. The van der Waals surface area contributed by atoms with Crippen molar-refractivity contribution in [1.82, 2.24) is 4.72 Å². The smallest absolute Gasteiger partial charge is 0.223 e. The fourth-order valence-corrected chi connectivity index (χ4v) is 7.76. The molecule has 0 aliphatic heterocycles. The lowest BCUT2D eigenvalue weighted by Crippen LogP contribution is -2.31. The third kappa shape index (κ3) is 4.74. The van der Waals surface area contributed by atoms with Crippen LogP contribution < -0.4 is 4.72 Å². The monoisotopic (exact) mass is 479 g/mol. The third-order valence-electron chi connectivity index (χ3n) is 5.47. The number of halogens is 1. The highest BCUT2D eigenvalue weighted by atomic mass is 32.2. The van der Waals surface area contributed by atoms with Gasteiger partial charge >= 0.3 is 0 Å². The Hall–Kier alpha value is -2.07. The first-order chi connectivity index (χ1) is 14.8. The second kappa shape index (κ2) is 8.82. The largest absolute Gasteiger partial charge is 0.240 e. The quantitative estimate of drug-likeness (QED) is 0.514. The first-order valence-electron chi connectivity index (χ1n) is 9.92. The number of sulfonamides is 1. The molecule has 0 spiro atoms. The van der Waals surface area contributed by atoms with Crippen LogP contribution in [0.4, 0.5) is 4.39 Å². The molecule has 0 saturated heterocycles. The fraction of sp³-hybridized carbons (Fsp3) is 0.273. The van der Waals surface area contributed by atoms with Gasteiger partial charge in [-0.2, -0.15) is 0 Å². The summed E-state index contributed by atoms with van der Waals surface area (Å²) in [6.45, 7) is -0.320. The average molecular weight is 480 g/mol. The molecule has 4 rings (SSSR count). The molecule has 0 amide bonds. The Bertz CT molecular complexity index is 1270. The first kappa shape index (κ1) is 22.1. The first-order valence-corrected chi connectivity index (χ1v) is 13.8. The minimum Gasteiger partial charge on any atom is -0.223 e. The Morgan fingerprint density at radius 1 is 0.903 bits per heavy atom. The molecule has 3 aromatic rings. The average Bonchev–Trinajstić information content (AvgIpc) is 3.28. The highest BCUT2D eigenvalue weighted by Gasteiger charge is 2.32. The lowest BCUT2D eigenvalue weighted by atomic mass is 9.92. The summed E-state index contributed by atoms with van der Waals surface area (Å²) in [5, 5.41) is 0.617. The van der Waals surface area contributed by atoms with Gasteiger partial charge in [0.25, 0.3) is 0 Å². The van der Waals surface area contributed by atoms with E-state index >= 15 is 0 Å². The number of fused-ring (bicyclic) bond motifs is 1. The predicted molar refractivity (Wildman–Crippen MR) is 119 cm³/mol.